The van der Waals surface area contributed by atoms with Gasteiger partial charge in [0.1, 0.15) is 0 Å². The fourth-order valence-corrected chi connectivity index (χ4v) is 2.59. The van der Waals surface area contributed by atoms with E-state index in [-0.39, 0.29) is 12.0 Å². The number of carbonyl (C=O) groups is 2. The molecule has 2 rings (SSSR count). The van der Waals surface area contributed by atoms with E-state index in [0.717, 1.165) is 4.88 Å². The molecule has 0 atom stereocenters. The van der Waals surface area contributed by atoms with Gasteiger partial charge in [-0.05, 0) is 24.4 Å². The molecule has 0 bridgehead atoms. The summed E-state index contributed by atoms with van der Waals surface area (Å²) in [6.45, 7) is 4.31. The summed E-state index contributed by atoms with van der Waals surface area (Å²) in [7, 11) is 0. The Bertz CT molecular complexity index is 477. The summed E-state index contributed by atoms with van der Waals surface area (Å²) in [5.41, 5.74) is 0. The van der Waals surface area contributed by atoms with Gasteiger partial charge in [0.05, 0.1) is 6.61 Å². The summed E-state index contributed by atoms with van der Waals surface area (Å²) >= 11 is 1.59. The number of nitrogens with zero attached hydrogens (tertiary/aromatic N) is 2. The molecule has 0 aliphatic carbocycles. The van der Waals surface area contributed by atoms with Crippen molar-refractivity contribution < 1.29 is 14.3 Å². The molecule has 5 nitrogen and oxygen atoms in total. The maximum Gasteiger partial charge on any atom is 0.409 e. The van der Waals surface area contributed by atoms with Gasteiger partial charge >= 0.3 is 6.09 Å². The van der Waals surface area contributed by atoms with E-state index in [0.29, 0.717) is 32.8 Å². The van der Waals surface area contributed by atoms with Gasteiger partial charge in [0.25, 0.3) is 0 Å². The van der Waals surface area contributed by atoms with E-state index in [1.807, 2.05) is 23.6 Å². The van der Waals surface area contributed by atoms with Crippen molar-refractivity contribution in [3.8, 4) is 0 Å². The molecule has 1 aliphatic rings. The van der Waals surface area contributed by atoms with Crippen molar-refractivity contribution in [3.05, 3.63) is 28.5 Å². The van der Waals surface area contributed by atoms with Gasteiger partial charge < -0.3 is 14.5 Å². The molecule has 108 valence electrons. The first-order chi connectivity index (χ1) is 9.70. The molecule has 1 aromatic heterocycles. The number of hydrogen-bond donors (Lipinski definition) is 0. The van der Waals surface area contributed by atoms with Gasteiger partial charge in [-0.3, -0.25) is 4.79 Å². The topological polar surface area (TPSA) is 49.9 Å². The van der Waals surface area contributed by atoms with Gasteiger partial charge in [0, 0.05) is 37.1 Å². The Hall–Kier alpha value is -1.82. The average molecular weight is 294 g/mol. The molecule has 0 N–H and O–H groups in total. The third-order valence-electron chi connectivity index (χ3n) is 3.05. The Morgan fingerprint density at radius 1 is 1.30 bits per heavy atom. The minimum Gasteiger partial charge on any atom is -0.450 e. The van der Waals surface area contributed by atoms with E-state index in [2.05, 4.69) is 0 Å². The molecule has 0 aromatic carbocycles. The van der Waals surface area contributed by atoms with Crippen LogP contribution in [0.5, 0.6) is 0 Å². The summed E-state index contributed by atoms with van der Waals surface area (Å²) in [6, 6.07) is 3.92. The van der Waals surface area contributed by atoms with Crippen LogP contribution in [0.2, 0.25) is 0 Å². The van der Waals surface area contributed by atoms with E-state index in [4.69, 9.17) is 4.74 Å². The van der Waals surface area contributed by atoms with Crippen LogP contribution in [0, 0.1) is 0 Å². The largest absolute Gasteiger partial charge is 0.450 e. The van der Waals surface area contributed by atoms with E-state index < -0.39 is 0 Å². The van der Waals surface area contributed by atoms with Gasteiger partial charge in [0.2, 0.25) is 5.91 Å². The second kappa shape index (κ2) is 7.09. The first-order valence-corrected chi connectivity index (χ1v) is 7.51. The predicted octanol–water partition coefficient (Wildman–Crippen LogP) is 2.06. The Balaban J connectivity index is 1.81. The summed E-state index contributed by atoms with van der Waals surface area (Å²) in [5, 5.41) is 1.97. The van der Waals surface area contributed by atoms with Crippen molar-refractivity contribution in [2.45, 2.75) is 6.92 Å². The lowest BCUT2D eigenvalue weighted by Gasteiger charge is -2.33. The number of ether oxygens (including phenoxy) is 1. The molecular formula is C14H18N2O3S. The quantitative estimate of drug-likeness (QED) is 0.802. The van der Waals surface area contributed by atoms with Crippen LogP contribution in [0.4, 0.5) is 4.79 Å². The van der Waals surface area contributed by atoms with Crippen LogP contribution in [-0.4, -0.2) is 54.6 Å². The molecule has 0 radical (unpaired) electrons. The van der Waals surface area contributed by atoms with Crippen LogP contribution >= 0.6 is 11.3 Å². The molecular weight excluding hydrogens is 276 g/mol. The molecule has 2 heterocycles. The summed E-state index contributed by atoms with van der Waals surface area (Å²) in [6.07, 6.45) is 3.12. The highest BCUT2D eigenvalue weighted by molar-refractivity contribution is 7.10. The van der Waals surface area contributed by atoms with Crippen molar-refractivity contribution in [1.29, 1.82) is 0 Å². The van der Waals surface area contributed by atoms with Crippen molar-refractivity contribution in [2.24, 2.45) is 0 Å². The second-order valence-electron chi connectivity index (χ2n) is 4.36. The zero-order valence-corrected chi connectivity index (χ0v) is 12.3. The molecule has 1 aliphatic heterocycles. The molecule has 0 spiro atoms. The highest BCUT2D eigenvalue weighted by Crippen LogP contribution is 2.11. The minimum absolute atomic E-state index is 0.0121. The highest BCUT2D eigenvalue weighted by atomic mass is 32.1. The lowest BCUT2D eigenvalue weighted by atomic mass is 10.3. The predicted molar refractivity (Wildman–Crippen MR) is 78.5 cm³/mol. The van der Waals surface area contributed by atoms with Gasteiger partial charge in [-0.15, -0.1) is 11.3 Å². The SMILES string of the molecule is CCOC(=O)N1CCN(C(=O)/C=C\c2cccs2)CC1. The van der Waals surface area contributed by atoms with Crippen molar-refractivity contribution >= 4 is 29.4 Å². The third kappa shape index (κ3) is 3.84. The van der Waals surface area contributed by atoms with Crippen molar-refractivity contribution in [2.75, 3.05) is 32.8 Å². The van der Waals surface area contributed by atoms with Crippen LogP contribution in [0.15, 0.2) is 23.6 Å². The fourth-order valence-electron chi connectivity index (χ4n) is 1.97. The Labute approximate surface area is 122 Å². The Morgan fingerprint density at radius 3 is 2.60 bits per heavy atom. The van der Waals surface area contributed by atoms with Crippen molar-refractivity contribution in [3.63, 3.8) is 0 Å². The normalized spacial score (nSPS) is 15.7. The van der Waals surface area contributed by atoms with Gasteiger partial charge in [0.15, 0.2) is 0 Å². The second-order valence-corrected chi connectivity index (χ2v) is 5.34. The Kier molecular flexibility index (Phi) is 5.17. The standard InChI is InChI=1S/C14H18N2O3S/c1-2-19-14(18)16-9-7-15(8-10-16)13(17)6-5-12-4-3-11-20-12/h3-6,11H,2,7-10H2,1H3/b6-5-. The molecule has 1 fully saturated rings. The van der Waals surface area contributed by atoms with E-state index in [1.54, 1.807) is 34.1 Å². The lowest BCUT2D eigenvalue weighted by Crippen LogP contribution is -2.50. The molecule has 0 unspecified atom stereocenters. The van der Waals surface area contributed by atoms with E-state index >= 15 is 0 Å². The lowest BCUT2D eigenvalue weighted by molar-refractivity contribution is -0.127. The molecule has 1 aromatic rings. The number of rotatable bonds is 3. The first kappa shape index (κ1) is 14.6. The molecule has 6 heteroatoms. The minimum atomic E-state index is -0.297. The van der Waals surface area contributed by atoms with Crippen LogP contribution in [0.1, 0.15) is 11.8 Å². The molecule has 2 amide bonds. The summed E-state index contributed by atoms with van der Waals surface area (Å²) in [4.78, 5) is 28.0. The van der Waals surface area contributed by atoms with Crippen LogP contribution in [0.25, 0.3) is 6.08 Å². The maximum absolute atomic E-state index is 12.0. The van der Waals surface area contributed by atoms with E-state index in [9.17, 15) is 9.59 Å². The fraction of sp³-hybridized carbons (Fsp3) is 0.429. The Morgan fingerprint density at radius 2 is 2.00 bits per heavy atom. The third-order valence-corrected chi connectivity index (χ3v) is 3.89. The van der Waals surface area contributed by atoms with Crippen LogP contribution in [0.3, 0.4) is 0 Å². The summed E-state index contributed by atoms with van der Waals surface area (Å²) in [5.74, 6) is -0.0121. The smallest absolute Gasteiger partial charge is 0.409 e. The monoisotopic (exact) mass is 294 g/mol. The number of thiophene rings is 1. The zero-order chi connectivity index (χ0) is 14.4. The number of amides is 2. The first-order valence-electron chi connectivity index (χ1n) is 6.63. The van der Waals surface area contributed by atoms with Crippen molar-refractivity contribution in [1.82, 2.24) is 9.80 Å². The van der Waals surface area contributed by atoms with Gasteiger partial charge in [-0.25, -0.2) is 4.79 Å². The van der Waals surface area contributed by atoms with Crippen LogP contribution < -0.4 is 0 Å². The van der Waals surface area contributed by atoms with Gasteiger partial charge in [-0.1, -0.05) is 6.07 Å². The van der Waals surface area contributed by atoms with Crippen LogP contribution in [-0.2, 0) is 9.53 Å². The zero-order valence-electron chi connectivity index (χ0n) is 11.4. The maximum atomic E-state index is 12.0. The molecule has 1 saturated heterocycles. The number of carbonyl (C=O) groups excluding carboxylic acids is 2. The number of piperazine rings is 1. The average Bonchev–Trinajstić information content (AvgIpc) is 2.98. The highest BCUT2D eigenvalue weighted by Gasteiger charge is 2.23. The molecule has 0 saturated carbocycles. The van der Waals surface area contributed by atoms with E-state index in [1.165, 1.54) is 0 Å². The molecule has 20 heavy (non-hydrogen) atoms. The van der Waals surface area contributed by atoms with Gasteiger partial charge in [-0.2, -0.15) is 0 Å². The summed E-state index contributed by atoms with van der Waals surface area (Å²) < 4.78 is 4.94. The number of hydrogen-bond acceptors (Lipinski definition) is 4.